The molecule has 0 radical (unpaired) electrons. The first-order valence-electron chi connectivity index (χ1n) is 6.16. The lowest BCUT2D eigenvalue weighted by Gasteiger charge is -2.12. The molecule has 92 valence electrons. The molecular formula is C12H18N4O. The summed E-state index contributed by atoms with van der Waals surface area (Å²) in [5.74, 6) is 1.34. The van der Waals surface area contributed by atoms with Crippen molar-refractivity contribution in [1.29, 1.82) is 0 Å². The first kappa shape index (κ1) is 11.8. The molecule has 1 unspecified atom stereocenters. The third-order valence-electron chi connectivity index (χ3n) is 3.09. The van der Waals surface area contributed by atoms with Crippen LogP contribution in [0.3, 0.4) is 0 Å². The molecule has 0 aliphatic heterocycles. The summed E-state index contributed by atoms with van der Waals surface area (Å²) in [5, 5.41) is 4.36. The topological polar surface area (TPSA) is 63.1 Å². The maximum atomic E-state index is 11.7. The molecule has 2 rings (SSSR count). The van der Waals surface area contributed by atoms with Crippen molar-refractivity contribution in [3.63, 3.8) is 0 Å². The summed E-state index contributed by atoms with van der Waals surface area (Å²) in [6, 6.07) is 0. The van der Waals surface area contributed by atoms with Crippen LogP contribution in [-0.2, 0) is 6.42 Å². The molecule has 1 atom stereocenters. The fourth-order valence-electron chi connectivity index (χ4n) is 2.10. The van der Waals surface area contributed by atoms with Crippen LogP contribution in [0.5, 0.6) is 0 Å². The smallest absolute Gasteiger partial charge is 0.276 e. The second-order valence-electron chi connectivity index (χ2n) is 4.39. The van der Waals surface area contributed by atoms with Gasteiger partial charge in [0, 0.05) is 6.42 Å². The Bertz CT molecular complexity index is 543. The highest BCUT2D eigenvalue weighted by Gasteiger charge is 2.10. The normalized spacial score (nSPS) is 13.1. The minimum atomic E-state index is -0.112. The van der Waals surface area contributed by atoms with E-state index in [1.165, 1.54) is 12.6 Å². The molecule has 0 aliphatic rings. The molecule has 5 heteroatoms. The number of H-pyrrole nitrogens is 1. The molecule has 0 bridgehead atoms. The SMILES string of the molecule is CCCC(CC)Cc1nn2cncc2c(=O)[nH]1. The van der Waals surface area contributed by atoms with Crippen molar-refractivity contribution in [2.45, 2.75) is 39.5 Å². The first-order valence-corrected chi connectivity index (χ1v) is 6.16. The molecule has 2 aromatic rings. The third kappa shape index (κ3) is 2.54. The van der Waals surface area contributed by atoms with Gasteiger partial charge in [-0.2, -0.15) is 5.10 Å². The molecule has 0 spiro atoms. The minimum absolute atomic E-state index is 0.112. The van der Waals surface area contributed by atoms with Crippen molar-refractivity contribution in [1.82, 2.24) is 19.6 Å². The van der Waals surface area contributed by atoms with E-state index in [0.717, 1.165) is 25.1 Å². The Morgan fingerprint density at radius 3 is 3.00 bits per heavy atom. The molecule has 17 heavy (non-hydrogen) atoms. The highest BCUT2D eigenvalue weighted by atomic mass is 16.1. The average Bonchev–Trinajstić information content (AvgIpc) is 2.77. The second kappa shape index (κ2) is 5.12. The van der Waals surface area contributed by atoms with Crippen molar-refractivity contribution in [3.8, 4) is 0 Å². The zero-order chi connectivity index (χ0) is 12.3. The highest BCUT2D eigenvalue weighted by molar-refractivity contribution is 5.39. The van der Waals surface area contributed by atoms with E-state index in [2.05, 4.69) is 28.9 Å². The van der Waals surface area contributed by atoms with Crippen LogP contribution >= 0.6 is 0 Å². The van der Waals surface area contributed by atoms with E-state index in [1.807, 2.05) is 0 Å². The maximum absolute atomic E-state index is 11.7. The van der Waals surface area contributed by atoms with Crippen LogP contribution < -0.4 is 5.56 Å². The minimum Gasteiger partial charge on any atom is -0.307 e. The van der Waals surface area contributed by atoms with Crippen molar-refractivity contribution < 1.29 is 0 Å². The number of aromatic nitrogens is 4. The van der Waals surface area contributed by atoms with Crippen LogP contribution in [0.25, 0.3) is 5.52 Å². The molecule has 0 saturated carbocycles. The summed E-state index contributed by atoms with van der Waals surface area (Å²) >= 11 is 0. The van der Waals surface area contributed by atoms with Gasteiger partial charge in [-0.1, -0.05) is 33.1 Å². The highest BCUT2D eigenvalue weighted by Crippen LogP contribution is 2.14. The molecule has 0 fully saturated rings. The number of hydrogen-bond acceptors (Lipinski definition) is 3. The van der Waals surface area contributed by atoms with Gasteiger partial charge >= 0.3 is 0 Å². The summed E-state index contributed by atoms with van der Waals surface area (Å²) in [5.41, 5.74) is 0.385. The number of nitrogens with zero attached hydrogens (tertiary/aromatic N) is 3. The Morgan fingerprint density at radius 2 is 2.29 bits per heavy atom. The molecule has 0 amide bonds. The number of imidazole rings is 1. The maximum Gasteiger partial charge on any atom is 0.276 e. The van der Waals surface area contributed by atoms with Crippen molar-refractivity contribution in [3.05, 3.63) is 28.7 Å². The van der Waals surface area contributed by atoms with Gasteiger partial charge in [-0.15, -0.1) is 0 Å². The van der Waals surface area contributed by atoms with Gasteiger partial charge in [-0.05, 0) is 5.92 Å². The predicted molar refractivity (Wildman–Crippen MR) is 66.0 cm³/mol. The largest absolute Gasteiger partial charge is 0.307 e. The monoisotopic (exact) mass is 234 g/mol. The Kier molecular flexibility index (Phi) is 3.56. The van der Waals surface area contributed by atoms with Gasteiger partial charge < -0.3 is 4.98 Å². The molecule has 5 nitrogen and oxygen atoms in total. The lowest BCUT2D eigenvalue weighted by Crippen LogP contribution is -2.17. The van der Waals surface area contributed by atoms with Gasteiger partial charge in [0.2, 0.25) is 0 Å². The lowest BCUT2D eigenvalue weighted by atomic mass is 9.97. The molecule has 0 aromatic carbocycles. The van der Waals surface area contributed by atoms with Crippen LogP contribution in [0.4, 0.5) is 0 Å². The van der Waals surface area contributed by atoms with Crippen LogP contribution in [-0.4, -0.2) is 19.6 Å². The second-order valence-corrected chi connectivity index (χ2v) is 4.39. The fourth-order valence-corrected chi connectivity index (χ4v) is 2.10. The van der Waals surface area contributed by atoms with Gasteiger partial charge in [0.25, 0.3) is 5.56 Å². The van der Waals surface area contributed by atoms with E-state index < -0.39 is 0 Å². The molecule has 2 heterocycles. The Balaban J connectivity index is 2.26. The molecule has 0 saturated heterocycles. The molecule has 2 aromatic heterocycles. The average molecular weight is 234 g/mol. The first-order chi connectivity index (χ1) is 8.24. The third-order valence-corrected chi connectivity index (χ3v) is 3.09. The van der Waals surface area contributed by atoms with E-state index in [0.29, 0.717) is 11.4 Å². The van der Waals surface area contributed by atoms with Crippen LogP contribution in [0.15, 0.2) is 17.3 Å². The van der Waals surface area contributed by atoms with Crippen LogP contribution in [0.1, 0.15) is 38.9 Å². The van der Waals surface area contributed by atoms with Gasteiger partial charge in [0.15, 0.2) is 0 Å². The predicted octanol–water partition coefficient (Wildman–Crippen LogP) is 1.79. The van der Waals surface area contributed by atoms with Gasteiger partial charge in [0.05, 0.1) is 6.20 Å². The summed E-state index contributed by atoms with van der Waals surface area (Å²) < 4.78 is 1.55. The Morgan fingerprint density at radius 1 is 1.47 bits per heavy atom. The number of nitrogens with one attached hydrogen (secondary N) is 1. The van der Waals surface area contributed by atoms with E-state index in [1.54, 1.807) is 10.8 Å². The van der Waals surface area contributed by atoms with Gasteiger partial charge in [-0.3, -0.25) is 4.79 Å². The van der Waals surface area contributed by atoms with E-state index in [-0.39, 0.29) is 5.56 Å². The Labute approximate surface area is 99.9 Å². The summed E-state index contributed by atoms with van der Waals surface area (Å²) in [6.07, 6.45) is 7.36. The number of aromatic amines is 1. The number of fused-ring (bicyclic) bond motifs is 1. The van der Waals surface area contributed by atoms with E-state index >= 15 is 0 Å². The van der Waals surface area contributed by atoms with Crippen molar-refractivity contribution >= 4 is 5.52 Å². The quantitative estimate of drug-likeness (QED) is 0.857. The Hall–Kier alpha value is -1.65. The zero-order valence-corrected chi connectivity index (χ0v) is 10.3. The fraction of sp³-hybridized carbons (Fsp3) is 0.583. The van der Waals surface area contributed by atoms with E-state index in [9.17, 15) is 4.79 Å². The molecule has 1 N–H and O–H groups in total. The molecule has 0 aliphatic carbocycles. The summed E-state index contributed by atoms with van der Waals surface area (Å²) in [6.45, 7) is 4.35. The number of hydrogen-bond donors (Lipinski definition) is 1. The van der Waals surface area contributed by atoms with Gasteiger partial charge in [0.1, 0.15) is 17.7 Å². The van der Waals surface area contributed by atoms with Crippen LogP contribution in [0, 0.1) is 5.92 Å². The van der Waals surface area contributed by atoms with Crippen LogP contribution in [0.2, 0.25) is 0 Å². The van der Waals surface area contributed by atoms with E-state index in [4.69, 9.17) is 0 Å². The van der Waals surface area contributed by atoms with Crippen molar-refractivity contribution in [2.75, 3.05) is 0 Å². The standard InChI is InChI=1S/C12H18N4O/c1-3-5-9(4-2)6-11-14-12(17)10-7-13-8-16(10)15-11/h7-9H,3-6H2,1-2H3,(H,14,15,17). The zero-order valence-electron chi connectivity index (χ0n) is 10.3. The number of rotatable bonds is 5. The van der Waals surface area contributed by atoms with Crippen molar-refractivity contribution in [2.24, 2.45) is 5.92 Å². The summed E-state index contributed by atoms with van der Waals surface area (Å²) in [4.78, 5) is 18.5. The van der Waals surface area contributed by atoms with Gasteiger partial charge in [-0.25, -0.2) is 9.50 Å². The lowest BCUT2D eigenvalue weighted by molar-refractivity contribution is 0.448. The summed E-state index contributed by atoms with van der Waals surface area (Å²) in [7, 11) is 0. The molecular weight excluding hydrogens is 216 g/mol.